The lowest BCUT2D eigenvalue weighted by atomic mass is 10.1. The first-order chi connectivity index (χ1) is 10.7. The number of amides is 2. The van der Waals surface area contributed by atoms with E-state index in [2.05, 4.69) is 5.32 Å². The van der Waals surface area contributed by atoms with Crippen molar-refractivity contribution in [1.29, 1.82) is 0 Å². The third-order valence-electron chi connectivity index (χ3n) is 3.63. The van der Waals surface area contributed by atoms with E-state index in [-0.39, 0.29) is 24.2 Å². The van der Waals surface area contributed by atoms with Crippen molar-refractivity contribution in [2.24, 2.45) is 11.7 Å². The normalized spacial score (nSPS) is 17.6. The molecule has 2 amide bonds. The zero-order valence-electron chi connectivity index (χ0n) is 12.9. The smallest absolute Gasteiger partial charge is 0.227 e. The van der Waals surface area contributed by atoms with E-state index in [9.17, 15) is 9.59 Å². The van der Waals surface area contributed by atoms with Crippen molar-refractivity contribution in [3.05, 3.63) is 24.3 Å². The predicted molar refractivity (Wildman–Crippen MR) is 84.8 cm³/mol. The Morgan fingerprint density at radius 3 is 2.95 bits per heavy atom. The third-order valence-corrected chi connectivity index (χ3v) is 3.63. The molecule has 1 aromatic rings. The molecular formula is C16H23N3O3. The quantitative estimate of drug-likeness (QED) is 0.733. The van der Waals surface area contributed by atoms with Gasteiger partial charge in [-0.25, -0.2) is 0 Å². The number of hydrogen-bond donors (Lipinski definition) is 2. The number of nitrogens with one attached hydrogen (secondary N) is 1. The number of rotatable bonds is 7. The molecule has 1 aliphatic heterocycles. The van der Waals surface area contributed by atoms with Crippen LogP contribution in [0.2, 0.25) is 0 Å². The maximum absolute atomic E-state index is 12.2. The zero-order valence-corrected chi connectivity index (χ0v) is 12.9. The van der Waals surface area contributed by atoms with E-state index in [1.807, 2.05) is 31.2 Å². The molecule has 6 heteroatoms. The summed E-state index contributed by atoms with van der Waals surface area (Å²) in [6.07, 6.45) is 0.970. The monoisotopic (exact) mass is 305 g/mol. The predicted octanol–water partition coefficient (Wildman–Crippen LogP) is 0.903. The topological polar surface area (TPSA) is 84.7 Å². The fraction of sp³-hybridized carbons (Fsp3) is 0.500. The van der Waals surface area contributed by atoms with Crippen molar-refractivity contribution < 1.29 is 14.3 Å². The Morgan fingerprint density at radius 2 is 2.23 bits per heavy atom. The number of nitrogens with two attached hydrogens (primary N) is 1. The van der Waals surface area contributed by atoms with Gasteiger partial charge in [-0.05, 0) is 32.0 Å². The van der Waals surface area contributed by atoms with Crippen LogP contribution in [0.15, 0.2) is 24.3 Å². The van der Waals surface area contributed by atoms with Crippen molar-refractivity contribution in [3.63, 3.8) is 0 Å². The van der Waals surface area contributed by atoms with Gasteiger partial charge in [-0.1, -0.05) is 12.1 Å². The van der Waals surface area contributed by atoms with Gasteiger partial charge in [0.15, 0.2) is 0 Å². The lowest BCUT2D eigenvalue weighted by Crippen LogP contribution is -2.34. The van der Waals surface area contributed by atoms with E-state index in [0.717, 1.165) is 12.1 Å². The number of carbonyl (C=O) groups is 2. The Kier molecular flexibility index (Phi) is 5.77. The number of anilines is 1. The van der Waals surface area contributed by atoms with Gasteiger partial charge in [0.2, 0.25) is 11.8 Å². The molecule has 3 N–H and O–H groups in total. The molecule has 0 radical (unpaired) electrons. The van der Waals surface area contributed by atoms with Crippen molar-refractivity contribution >= 4 is 17.5 Å². The van der Waals surface area contributed by atoms with Crippen LogP contribution in [0.4, 0.5) is 5.69 Å². The first kappa shape index (κ1) is 16.3. The van der Waals surface area contributed by atoms with Crippen LogP contribution in [0.5, 0.6) is 5.75 Å². The first-order valence-corrected chi connectivity index (χ1v) is 7.67. The highest BCUT2D eigenvalue weighted by Crippen LogP contribution is 2.33. The average molecular weight is 305 g/mol. The van der Waals surface area contributed by atoms with Crippen molar-refractivity contribution in [2.45, 2.75) is 19.8 Å². The van der Waals surface area contributed by atoms with Gasteiger partial charge in [0.05, 0.1) is 18.2 Å². The minimum atomic E-state index is -0.319. The lowest BCUT2D eigenvalue weighted by molar-refractivity contribution is -0.126. The largest absolute Gasteiger partial charge is 0.492 e. The average Bonchev–Trinajstić information content (AvgIpc) is 2.90. The van der Waals surface area contributed by atoms with Crippen molar-refractivity contribution in [1.82, 2.24) is 5.32 Å². The summed E-state index contributed by atoms with van der Waals surface area (Å²) >= 11 is 0. The maximum atomic E-state index is 12.2. The van der Waals surface area contributed by atoms with Gasteiger partial charge >= 0.3 is 0 Å². The minimum absolute atomic E-state index is 0.0499. The molecule has 0 spiro atoms. The van der Waals surface area contributed by atoms with E-state index in [0.29, 0.717) is 32.0 Å². The molecular weight excluding hydrogens is 282 g/mol. The number of hydrogen-bond acceptors (Lipinski definition) is 4. The molecule has 0 bridgehead atoms. The summed E-state index contributed by atoms with van der Waals surface area (Å²) in [5, 5.41) is 2.83. The number of benzene rings is 1. The summed E-state index contributed by atoms with van der Waals surface area (Å²) in [6, 6.07) is 7.41. The molecule has 0 aromatic heterocycles. The van der Waals surface area contributed by atoms with E-state index >= 15 is 0 Å². The fourth-order valence-electron chi connectivity index (χ4n) is 2.53. The van der Waals surface area contributed by atoms with Gasteiger partial charge in [0.1, 0.15) is 5.75 Å². The molecule has 22 heavy (non-hydrogen) atoms. The number of ether oxygens (including phenoxy) is 1. The highest BCUT2D eigenvalue weighted by atomic mass is 16.5. The summed E-state index contributed by atoms with van der Waals surface area (Å²) in [7, 11) is 0. The number of nitrogens with zero attached hydrogens (tertiary/aromatic N) is 1. The van der Waals surface area contributed by atoms with Crippen LogP contribution < -0.4 is 20.7 Å². The highest BCUT2D eigenvalue weighted by Gasteiger charge is 2.36. The second kappa shape index (κ2) is 7.79. The van der Waals surface area contributed by atoms with Crippen molar-refractivity contribution in [2.75, 3.05) is 31.1 Å². The Balaban J connectivity index is 2.05. The van der Waals surface area contributed by atoms with Gasteiger partial charge in [-0.3, -0.25) is 9.59 Å². The standard InChI is InChI=1S/C16H23N3O3/c1-2-22-14-7-4-3-6-13(14)19-11-12(10-15(19)20)16(21)18-9-5-8-17/h3-4,6-7,12H,2,5,8-11,17H2,1H3,(H,18,21). The molecule has 6 nitrogen and oxygen atoms in total. The Labute approximate surface area is 130 Å². The molecule has 1 aliphatic rings. The molecule has 1 heterocycles. The Hall–Kier alpha value is -2.08. The summed E-state index contributed by atoms with van der Waals surface area (Å²) in [5.74, 6) is 0.215. The van der Waals surface area contributed by atoms with Gasteiger partial charge in [-0.15, -0.1) is 0 Å². The van der Waals surface area contributed by atoms with Crippen LogP contribution in [-0.4, -0.2) is 38.1 Å². The maximum Gasteiger partial charge on any atom is 0.227 e. The van der Waals surface area contributed by atoms with Crippen LogP contribution in [0.1, 0.15) is 19.8 Å². The minimum Gasteiger partial charge on any atom is -0.492 e. The van der Waals surface area contributed by atoms with E-state index in [1.165, 1.54) is 0 Å². The second-order valence-electron chi connectivity index (χ2n) is 5.24. The number of carbonyl (C=O) groups excluding carboxylic acids is 2. The summed E-state index contributed by atoms with van der Waals surface area (Å²) < 4.78 is 5.56. The molecule has 1 unspecified atom stereocenters. The Morgan fingerprint density at radius 1 is 1.45 bits per heavy atom. The van der Waals surface area contributed by atoms with Gasteiger partial charge in [-0.2, -0.15) is 0 Å². The molecule has 120 valence electrons. The third kappa shape index (κ3) is 3.76. The molecule has 1 fully saturated rings. The molecule has 1 saturated heterocycles. The summed E-state index contributed by atoms with van der Waals surface area (Å²) in [6.45, 7) is 3.91. The SMILES string of the molecule is CCOc1ccccc1N1CC(C(=O)NCCCN)CC1=O. The molecule has 1 aromatic carbocycles. The van der Waals surface area contributed by atoms with Gasteiger partial charge < -0.3 is 20.7 Å². The van der Waals surface area contributed by atoms with Gasteiger partial charge in [0, 0.05) is 19.5 Å². The van der Waals surface area contributed by atoms with Crippen LogP contribution in [0.3, 0.4) is 0 Å². The van der Waals surface area contributed by atoms with Crippen LogP contribution >= 0.6 is 0 Å². The van der Waals surface area contributed by atoms with Crippen LogP contribution in [0, 0.1) is 5.92 Å². The van der Waals surface area contributed by atoms with Crippen LogP contribution in [-0.2, 0) is 9.59 Å². The van der Waals surface area contributed by atoms with E-state index in [1.54, 1.807) is 4.90 Å². The van der Waals surface area contributed by atoms with Crippen molar-refractivity contribution in [3.8, 4) is 5.75 Å². The second-order valence-corrected chi connectivity index (χ2v) is 5.24. The summed E-state index contributed by atoms with van der Waals surface area (Å²) in [4.78, 5) is 26.0. The fourth-order valence-corrected chi connectivity index (χ4v) is 2.53. The van der Waals surface area contributed by atoms with Gasteiger partial charge in [0.25, 0.3) is 0 Å². The number of para-hydroxylation sites is 2. The van der Waals surface area contributed by atoms with E-state index in [4.69, 9.17) is 10.5 Å². The highest BCUT2D eigenvalue weighted by molar-refractivity contribution is 6.01. The zero-order chi connectivity index (χ0) is 15.9. The molecule has 0 saturated carbocycles. The lowest BCUT2D eigenvalue weighted by Gasteiger charge is -2.20. The first-order valence-electron chi connectivity index (χ1n) is 7.67. The molecule has 2 rings (SSSR count). The molecule has 0 aliphatic carbocycles. The van der Waals surface area contributed by atoms with Crippen LogP contribution in [0.25, 0.3) is 0 Å². The van der Waals surface area contributed by atoms with E-state index < -0.39 is 0 Å². The Bertz CT molecular complexity index is 533. The molecule has 1 atom stereocenters. The summed E-state index contributed by atoms with van der Waals surface area (Å²) in [5.41, 5.74) is 6.13.